The predicted octanol–water partition coefficient (Wildman–Crippen LogP) is 3.85. The molecule has 1 aromatic heterocycles. The number of aromatic nitrogens is 3. The minimum Gasteiger partial charge on any atom is -0.494 e. The Kier molecular flexibility index (Phi) is 5.65. The van der Waals surface area contributed by atoms with E-state index in [0.29, 0.717) is 23.9 Å². The second-order valence-electron chi connectivity index (χ2n) is 6.94. The maximum Gasteiger partial charge on any atom is 0.222 e. The van der Waals surface area contributed by atoms with Crippen LogP contribution in [0.3, 0.4) is 0 Å². The topological polar surface area (TPSA) is 79.7 Å². The fourth-order valence-electron chi connectivity index (χ4n) is 3.87. The Labute approximate surface area is 175 Å². The van der Waals surface area contributed by atoms with Gasteiger partial charge in [-0.1, -0.05) is 12.1 Å². The van der Waals surface area contributed by atoms with Gasteiger partial charge in [0.25, 0.3) is 0 Å². The molecule has 2 aromatic carbocycles. The van der Waals surface area contributed by atoms with Crippen LogP contribution >= 0.6 is 0 Å². The van der Waals surface area contributed by atoms with Crippen LogP contribution in [0.5, 0.6) is 23.0 Å². The Morgan fingerprint density at radius 1 is 1.00 bits per heavy atom. The molecule has 8 nitrogen and oxygen atoms in total. The molecule has 2 heterocycles. The third-order valence-electron chi connectivity index (χ3n) is 5.30. The molecule has 158 valence electrons. The Morgan fingerprint density at radius 3 is 2.30 bits per heavy atom. The van der Waals surface area contributed by atoms with Crippen molar-refractivity contribution in [3.8, 4) is 23.0 Å². The predicted molar refractivity (Wildman–Crippen MR) is 113 cm³/mol. The minimum atomic E-state index is -0.0472. The molecule has 1 N–H and O–H groups in total. The van der Waals surface area contributed by atoms with Crippen molar-refractivity contribution in [2.24, 2.45) is 0 Å². The molecule has 0 bridgehead atoms. The van der Waals surface area contributed by atoms with Gasteiger partial charge in [0.05, 0.1) is 40.0 Å². The van der Waals surface area contributed by atoms with E-state index in [1.165, 1.54) is 0 Å². The molecule has 2 unspecified atom stereocenters. The summed E-state index contributed by atoms with van der Waals surface area (Å²) in [6.07, 6.45) is 2.34. The van der Waals surface area contributed by atoms with Gasteiger partial charge < -0.3 is 24.3 Å². The van der Waals surface area contributed by atoms with E-state index in [4.69, 9.17) is 18.9 Å². The van der Waals surface area contributed by atoms with Crippen LogP contribution in [0, 0.1) is 0 Å². The van der Waals surface area contributed by atoms with Crippen LogP contribution < -0.4 is 24.3 Å². The lowest BCUT2D eigenvalue weighted by atomic mass is 9.93. The molecule has 3 aromatic rings. The fourth-order valence-corrected chi connectivity index (χ4v) is 3.87. The third kappa shape index (κ3) is 3.60. The Balaban J connectivity index is 1.71. The van der Waals surface area contributed by atoms with E-state index in [2.05, 4.69) is 27.5 Å². The second kappa shape index (κ2) is 8.52. The summed E-state index contributed by atoms with van der Waals surface area (Å²) in [5, 5.41) is 7.93. The number of hydrogen-bond donors (Lipinski definition) is 1. The largest absolute Gasteiger partial charge is 0.494 e. The van der Waals surface area contributed by atoms with Crippen molar-refractivity contribution in [3.63, 3.8) is 0 Å². The zero-order chi connectivity index (χ0) is 21.1. The number of nitrogens with zero attached hydrogens (tertiary/aromatic N) is 3. The van der Waals surface area contributed by atoms with Crippen molar-refractivity contribution in [1.82, 2.24) is 14.8 Å². The first kappa shape index (κ1) is 19.9. The number of anilines is 1. The van der Waals surface area contributed by atoms with Gasteiger partial charge in [0.2, 0.25) is 11.7 Å². The van der Waals surface area contributed by atoms with E-state index in [-0.39, 0.29) is 12.1 Å². The lowest BCUT2D eigenvalue weighted by molar-refractivity contribution is 0.322. The lowest BCUT2D eigenvalue weighted by Gasteiger charge is -2.32. The van der Waals surface area contributed by atoms with Crippen molar-refractivity contribution in [2.75, 3.05) is 33.3 Å². The highest BCUT2D eigenvalue weighted by atomic mass is 16.5. The van der Waals surface area contributed by atoms with Crippen molar-refractivity contribution in [2.45, 2.75) is 25.4 Å². The monoisotopic (exact) mass is 410 g/mol. The molecular weight excluding hydrogens is 384 g/mol. The minimum absolute atomic E-state index is 0.0472. The second-order valence-corrected chi connectivity index (χ2v) is 6.94. The first-order valence-electron chi connectivity index (χ1n) is 9.87. The highest BCUT2D eigenvalue weighted by Crippen LogP contribution is 2.44. The summed E-state index contributed by atoms with van der Waals surface area (Å²) < 4.78 is 24.0. The Morgan fingerprint density at radius 2 is 1.70 bits per heavy atom. The van der Waals surface area contributed by atoms with Gasteiger partial charge in [-0.2, -0.15) is 10.1 Å². The molecule has 0 saturated carbocycles. The van der Waals surface area contributed by atoms with Gasteiger partial charge in [-0.25, -0.2) is 4.68 Å². The van der Waals surface area contributed by atoms with Crippen molar-refractivity contribution in [3.05, 3.63) is 53.9 Å². The quantitative estimate of drug-likeness (QED) is 0.634. The first-order valence-corrected chi connectivity index (χ1v) is 9.87. The summed E-state index contributed by atoms with van der Waals surface area (Å²) in [4.78, 5) is 4.40. The maximum atomic E-state index is 5.57. The molecule has 30 heavy (non-hydrogen) atoms. The molecule has 0 amide bonds. The summed E-state index contributed by atoms with van der Waals surface area (Å²) in [6, 6.07) is 12.1. The molecule has 0 saturated heterocycles. The van der Waals surface area contributed by atoms with E-state index in [1.807, 2.05) is 35.9 Å². The third-order valence-corrected chi connectivity index (χ3v) is 5.30. The van der Waals surface area contributed by atoms with Gasteiger partial charge in [0.15, 0.2) is 11.5 Å². The summed E-state index contributed by atoms with van der Waals surface area (Å²) in [6.45, 7) is 2.62. The number of fused-ring (bicyclic) bond motifs is 1. The van der Waals surface area contributed by atoms with Gasteiger partial charge in [0.1, 0.15) is 12.1 Å². The lowest BCUT2D eigenvalue weighted by Crippen LogP contribution is -2.28. The molecular formula is C22H26N4O4. The zero-order valence-corrected chi connectivity index (χ0v) is 17.6. The summed E-state index contributed by atoms with van der Waals surface area (Å²) in [5.41, 5.74) is 2.17. The number of benzene rings is 2. The normalized spacial score (nSPS) is 17.6. The van der Waals surface area contributed by atoms with Crippen LogP contribution in [0.4, 0.5) is 5.95 Å². The summed E-state index contributed by atoms with van der Waals surface area (Å²) >= 11 is 0. The molecule has 0 fully saturated rings. The number of ether oxygens (including phenoxy) is 4. The van der Waals surface area contributed by atoms with Gasteiger partial charge in [0, 0.05) is 0 Å². The van der Waals surface area contributed by atoms with Crippen LogP contribution in [-0.2, 0) is 0 Å². The highest BCUT2D eigenvalue weighted by Gasteiger charge is 2.31. The van der Waals surface area contributed by atoms with Crippen molar-refractivity contribution >= 4 is 5.95 Å². The number of nitrogens with one attached hydrogen (secondary N) is 1. The molecule has 0 aliphatic carbocycles. The molecule has 8 heteroatoms. The van der Waals surface area contributed by atoms with Gasteiger partial charge in [-0.15, -0.1) is 0 Å². The smallest absolute Gasteiger partial charge is 0.222 e. The van der Waals surface area contributed by atoms with Gasteiger partial charge >= 0.3 is 0 Å². The van der Waals surface area contributed by atoms with Crippen LogP contribution in [0.2, 0.25) is 0 Å². The van der Waals surface area contributed by atoms with E-state index in [9.17, 15) is 0 Å². The van der Waals surface area contributed by atoms with Crippen molar-refractivity contribution < 1.29 is 18.9 Å². The van der Waals surface area contributed by atoms with Crippen molar-refractivity contribution in [1.29, 1.82) is 0 Å². The van der Waals surface area contributed by atoms with Crippen LogP contribution in [0.15, 0.2) is 42.7 Å². The van der Waals surface area contributed by atoms with E-state index >= 15 is 0 Å². The van der Waals surface area contributed by atoms with Gasteiger partial charge in [-0.05, 0) is 48.7 Å². The Bertz CT molecular complexity index is 978. The molecule has 1 aliphatic heterocycles. The van der Waals surface area contributed by atoms with E-state index in [0.717, 1.165) is 29.2 Å². The Hall–Kier alpha value is -3.42. The summed E-state index contributed by atoms with van der Waals surface area (Å²) in [5.74, 6) is 3.38. The fraction of sp³-hybridized carbons (Fsp3) is 0.364. The molecule has 4 rings (SSSR count). The number of hydrogen-bond acceptors (Lipinski definition) is 7. The van der Waals surface area contributed by atoms with Crippen LogP contribution in [0.25, 0.3) is 0 Å². The van der Waals surface area contributed by atoms with Crippen LogP contribution in [0.1, 0.15) is 36.6 Å². The van der Waals surface area contributed by atoms with Crippen LogP contribution in [-0.4, -0.2) is 42.7 Å². The zero-order valence-electron chi connectivity index (χ0n) is 17.6. The summed E-state index contributed by atoms with van der Waals surface area (Å²) in [7, 11) is 4.84. The standard InChI is InChI=1S/C22H26N4O4/c1-5-30-16-8-6-14(7-9-16)17-12-18(26-22(25-17)23-13-24-26)15-10-19(27-2)21(29-4)20(11-15)28-3/h6-11,13,17-18H,5,12H2,1-4H3,(H,23,24,25). The number of rotatable bonds is 7. The highest BCUT2D eigenvalue weighted by molar-refractivity contribution is 5.55. The molecule has 0 radical (unpaired) electrons. The van der Waals surface area contributed by atoms with E-state index < -0.39 is 0 Å². The van der Waals surface area contributed by atoms with E-state index in [1.54, 1.807) is 27.7 Å². The molecule has 1 aliphatic rings. The van der Waals surface area contributed by atoms with Gasteiger partial charge in [-0.3, -0.25) is 0 Å². The molecule has 2 atom stereocenters. The average molecular weight is 410 g/mol. The first-order chi connectivity index (χ1) is 14.7. The SMILES string of the molecule is CCOc1ccc(C2CC(c3cc(OC)c(OC)c(OC)c3)n3ncnc3N2)cc1. The maximum absolute atomic E-state index is 5.57. The number of methoxy groups -OCH3 is 3. The molecule has 0 spiro atoms. The average Bonchev–Trinajstić information content (AvgIpc) is 3.27.